The van der Waals surface area contributed by atoms with Gasteiger partial charge in [-0.05, 0) is 19.9 Å². The second-order valence-electron chi connectivity index (χ2n) is 4.26. The number of aromatic nitrogens is 2. The minimum atomic E-state index is -4.30. The molecule has 0 spiro atoms. The molecule has 1 aromatic rings. The van der Waals surface area contributed by atoms with Gasteiger partial charge in [-0.1, -0.05) is 18.5 Å². The third kappa shape index (κ3) is 5.30. The van der Waals surface area contributed by atoms with Gasteiger partial charge < -0.3 is 10.1 Å². The predicted molar refractivity (Wildman–Crippen MR) is 70.8 cm³/mol. The molecule has 1 aromatic heterocycles. The summed E-state index contributed by atoms with van der Waals surface area (Å²) in [6, 6.07) is -0.178. The lowest BCUT2D eigenvalue weighted by atomic mass is 10.1. The Morgan fingerprint density at radius 2 is 2.15 bits per heavy atom. The number of nitrogens with zero attached hydrogens (tertiary/aromatic N) is 2. The number of hydrogen-bond donors (Lipinski definition) is 1. The Hall–Kier alpha value is -0.790. The predicted octanol–water partition coefficient (Wildman–Crippen LogP) is 3.18. The fourth-order valence-corrected chi connectivity index (χ4v) is 2.21. The Balaban J connectivity index is 2.62. The first-order valence-electron chi connectivity index (χ1n) is 6.48. The normalized spacial score (nSPS) is 13.7. The van der Waals surface area contributed by atoms with E-state index in [-0.39, 0.29) is 12.6 Å². The first-order valence-corrected chi connectivity index (χ1v) is 6.85. The van der Waals surface area contributed by atoms with Crippen molar-refractivity contribution in [1.82, 2.24) is 15.1 Å². The molecular weight excluding hydrogens is 295 g/mol. The minimum absolute atomic E-state index is 0.00238. The van der Waals surface area contributed by atoms with E-state index >= 15 is 0 Å². The zero-order valence-corrected chi connectivity index (χ0v) is 12.3. The van der Waals surface area contributed by atoms with Gasteiger partial charge in [-0.25, -0.2) is 0 Å². The van der Waals surface area contributed by atoms with Crippen LogP contribution in [0.3, 0.4) is 0 Å². The highest BCUT2D eigenvalue weighted by Crippen LogP contribution is 2.25. The monoisotopic (exact) mass is 313 g/mol. The van der Waals surface area contributed by atoms with Crippen molar-refractivity contribution in [1.29, 1.82) is 0 Å². The minimum Gasteiger partial charge on any atom is -0.372 e. The molecule has 0 aliphatic rings. The van der Waals surface area contributed by atoms with Crippen LogP contribution in [0.4, 0.5) is 13.2 Å². The molecule has 0 amide bonds. The summed E-state index contributed by atoms with van der Waals surface area (Å²) in [6.07, 6.45) is -2.35. The van der Waals surface area contributed by atoms with Crippen molar-refractivity contribution in [3.63, 3.8) is 0 Å². The van der Waals surface area contributed by atoms with Crippen LogP contribution in [0.5, 0.6) is 0 Å². The highest BCUT2D eigenvalue weighted by atomic mass is 35.5. The van der Waals surface area contributed by atoms with Crippen LogP contribution in [-0.4, -0.2) is 35.7 Å². The van der Waals surface area contributed by atoms with Crippen LogP contribution in [0.15, 0.2) is 6.20 Å². The lowest BCUT2D eigenvalue weighted by Gasteiger charge is -2.20. The quantitative estimate of drug-likeness (QED) is 0.749. The smallest absolute Gasteiger partial charge is 0.372 e. The van der Waals surface area contributed by atoms with Gasteiger partial charge in [0.1, 0.15) is 6.61 Å². The van der Waals surface area contributed by atoms with Crippen molar-refractivity contribution in [2.45, 2.75) is 39.0 Å². The van der Waals surface area contributed by atoms with Crippen LogP contribution in [0, 0.1) is 0 Å². The summed E-state index contributed by atoms with van der Waals surface area (Å²) in [5, 5.41) is 7.83. The van der Waals surface area contributed by atoms with Crippen molar-refractivity contribution in [3.8, 4) is 0 Å². The fraction of sp³-hybridized carbons (Fsp3) is 0.750. The second-order valence-corrected chi connectivity index (χ2v) is 4.67. The Kier molecular flexibility index (Phi) is 6.78. The zero-order chi connectivity index (χ0) is 15.2. The molecule has 20 heavy (non-hydrogen) atoms. The number of hydrogen-bond acceptors (Lipinski definition) is 3. The summed E-state index contributed by atoms with van der Waals surface area (Å²) in [7, 11) is 0. The lowest BCUT2D eigenvalue weighted by molar-refractivity contribution is -0.174. The summed E-state index contributed by atoms with van der Waals surface area (Å²) >= 11 is 6.10. The van der Waals surface area contributed by atoms with Crippen LogP contribution in [0.1, 0.15) is 32.0 Å². The molecule has 0 saturated heterocycles. The Bertz CT molecular complexity index is 409. The summed E-state index contributed by atoms with van der Waals surface area (Å²) < 4.78 is 42.4. The van der Waals surface area contributed by atoms with E-state index in [2.05, 4.69) is 15.2 Å². The molecule has 0 aliphatic heterocycles. The van der Waals surface area contributed by atoms with Crippen LogP contribution in [-0.2, 0) is 11.3 Å². The van der Waals surface area contributed by atoms with Crippen molar-refractivity contribution in [2.75, 3.05) is 19.8 Å². The van der Waals surface area contributed by atoms with E-state index in [1.165, 1.54) is 0 Å². The van der Waals surface area contributed by atoms with E-state index in [1.807, 2.05) is 13.8 Å². The third-order valence-corrected chi connectivity index (χ3v) is 3.02. The molecule has 1 heterocycles. The lowest BCUT2D eigenvalue weighted by Crippen LogP contribution is -2.26. The van der Waals surface area contributed by atoms with E-state index in [9.17, 15) is 13.2 Å². The number of alkyl halides is 3. The molecule has 0 fully saturated rings. The highest BCUT2D eigenvalue weighted by molar-refractivity contribution is 6.31. The van der Waals surface area contributed by atoms with Gasteiger partial charge >= 0.3 is 6.18 Å². The molecule has 0 aliphatic carbocycles. The molecule has 1 rings (SSSR count). The maximum atomic E-state index is 12.0. The van der Waals surface area contributed by atoms with Gasteiger partial charge in [0.15, 0.2) is 0 Å². The summed E-state index contributed by atoms with van der Waals surface area (Å²) in [5.41, 5.74) is 0.784. The highest BCUT2D eigenvalue weighted by Gasteiger charge is 2.27. The average Bonchev–Trinajstić information content (AvgIpc) is 2.73. The second kappa shape index (κ2) is 7.85. The zero-order valence-electron chi connectivity index (χ0n) is 11.5. The maximum absolute atomic E-state index is 12.0. The SMILES string of the molecule is CCNC(CCOCC(F)(F)F)c1c(Cl)cnn1CC. The van der Waals surface area contributed by atoms with E-state index in [0.717, 1.165) is 5.69 Å². The van der Waals surface area contributed by atoms with E-state index in [4.69, 9.17) is 11.6 Å². The fourth-order valence-electron chi connectivity index (χ4n) is 1.94. The van der Waals surface area contributed by atoms with Gasteiger partial charge in [-0.15, -0.1) is 0 Å². The van der Waals surface area contributed by atoms with Crippen LogP contribution >= 0.6 is 11.6 Å². The third-order valence-electron chi connectivity index (χ3n) is 2.73. The number of rotatable bonds is 8. The Morgan fingerprint density at radius 3 is 2.70 bits per heavy atom. The Labute approximate surface area is 121 Å². The van der Waals surface area contributed by atoms with Crippen molar-refractivity contribution >= 4 is 11.6 Å². The van der Waals surface area contributed by atoms with E-state index < -0.39 is 12.8 Å². The molecule has 0 bridgehead atoms. The number of aryl methyl sites for hydroxylation is 1. The number of nitrogens with one attached hydrogen (secondary N) is 1. The Morgan fingerprint density at radius 1 is 1.45 bits per heavy atom. The molecule has 116 valence electrons. The molecule has 0 saturated carbocycles. The van der Waals surface area contributed by atoms with Crippen LogP contribution in [0.25, 0.3) is 0 Å². The van der Waals surface area contributed by atoms with Gasteiger partial charge in [0.05, 0.1) is 23.0 Å². The van der Waals surface area contributed by atoms with E-state index in [1.54, 1.807) is 10.9 Å². The van der Waals surface area contributed by atoms with Gasteiger partial charge in [0.25, 0.3) is 0 Å². The number of halogens is 4. The first-order chi connectivity index (χ1) is 9.39. The van der Waals surface area contributed by atoms with Crippen molar-refractivity contribution in [3.05, 3.63) is 16.9 Å². The molecule has 4 nitrogen and oxygen atoms in total. The first kappa shape index (κ1) is 17.3. The van der Waals surface area contributed by atoms with Gasteiger partial charge in [-0.2, -0.15) is 18.3 Å². The molecule has 1 atom stereocenters. The molecule has 8 heteroatoms. The molecular formula is C12H19ClF3N3O. The summed E-state index contributed by atoms with van der Waals surface area (Å²) in [6.45, 7) is 3.94. The van der Waals surface area contributed by atoms with Crippen molar-refractivity contribution < 1.29 is 17.9 Å². The van der Waals surface area contributed by atoms with Gasteiger partial charge in [-0.3, -0.25) is 4.68 Å². The molecule has 0 aromatic carbocycles. The van der Waals surface area contributed by atoms with E-state index in [0.29, 0.717) is 24.5 Å². The topological polar surface area (TPSA) is 39.1 Å². The van der Waals surface area contributed by atoms with Crippen LogP contribution in [0.2, 0.25) is 5.02 Å². The van der Waals surface area contributed by atoms with Crippen molar-refractivity contribution in [2.24, 2.45) is 0 Å². The number of ether oxygens (including phenoxy) is 1. The van der Waals surface area contributed by atoms with Gasteiger partial charge in [0.2, 0.25) is 0 Å². The van der Waals surface area contributed by atoms with Crippen LogP contribution < -0.4 is 5.32 Å². The largest absolute Gasteiger partial charge is 0.411 e. The summed E-state index contributed by atoms with van der Waals surface area (Å²) in [4.78, 5) is 0. The molecule has 1 unspecified atom stereocenters. The standard InChI is InChI=1S/C12H19ClF3N3O/c1-3-17-10(5-6-20-8-12(14,15)16)11-9(13)7-18-19(11)4-2/h7,10,17H,3-6,8H2,1-2H3. The van der Waals surface area contributed by atoms with Gasteiger partial charge in [0, 0.05) is 13.2 Å². The molecule has 1 N–H and O–H groups in total. The summed E-state index contributed by atoms with van der Waals surface area (Å²) in [5.74, 6) is 0. The average molecular weight is 314 g/mol. The molecule has 0 radical (unpaired) electrons. The maximum Gasteiger partial charge on any atom is 0.411 e.